The Morgan fingerprint density at radius 3 is 1.76 bits per heavy atom. The largest absolute Gasteiger partial charge is 0.303 e. The predicted octanol–water partition coefficient (Wildman–Crippen LogP) is 6.16. The predicted molar refractivity (Wildman–Crippen MR) is 105 cm³/mol. The molecule has 0 aromatic carbocycles. The second-order valence-electron chi connectivity index (χ2n) is 6.37. The molecule has 21 heavy (non-hydrogen) atoms. The molecule has 0 aromatic heterocycles. The summed E-state index contributed by atoms with van der Waals surface area (Å²) in [7, 11) is 0. The molecule has 1 nitrogen and oxygen atoms in total. The van der Waals surface area contributed by atoms with Crippen LogP contribution in [0, 0.1) is 12.3 Å². The molecule has 0 aliphatic rings. The van der Waals surface area contributed by atoms with E-state index in [0.717, 1.165) is 6.54 Å². The Labute approximate surface area is 148 Å². The van der Waals surface area contributed by atoms with Crippen molar-refractivity contribution in [1.82, 2.24) is 0 Å². The summed E-state index contributed by atoms with van der Waals surface area (Å²) in [4.78, 5) is 0. The van der Waals surface area contributed by atoms with Crippen molar-refractivity contribution in [3.8, 4) is 12.3 Å². The molecular formula is C19H37IN+. The second kappa shape index (κ2) is 13.9. The van der Waals surface area contributed by atoms with E-state index in [4.69, 9.17) is 6.42 Å². The maximum absolute atomic E-state index is 5.74. The van der Waals surface area contributed by atoms with Crippen LogP contribution in [0.4, 0.5) is 0 Å². The third-order valence-electron chi connectivity index (χ3n) is 4.44. The minimum atomic E-state index is 0.687. The van der Waals surface area contributed by atoms with Crippen LogP contribution in [-0.2, 0) is 0 Å². The van der Waals surface area contributed by atoms with Crippen LogP contribution in [0.2, 0.25) is 0 Å². The monoisotopic (exact) mass is 406 g/mol. The Kier molecular flexibility index (Phi) is 14.0. The zero-order valence-corrected chi connectivity index (χ0v) is 16.8. The highest BCUT2D eigenvalue weighted by molar-refractivity contribution is 14.1. The summed E-state index contributed by atoms with van der Waals surface area (Å²) in [5, 5.41) is 0. The molecular weight excluding hydrogens is 369 g/mol. The average Bonchev–Trinajstić information content (AvgIpc) is 2.48. The minimum absolute atomic E-state index is 0.687. The highest BCUT2D eigenvalue weighted by atomic mass is 127. The lowest BCUT2D eigenvalue weighted by Gasteiger charge is -2.41. The van der Waals surface area contributed by atoms with Gasteiger partial charge in [0.2, 0.25) is 0 Å². The summed E-state index contributed by atoms with van der Waals surface area (Å²) in [6.45, 7) is 10.4. The lowest BCUT2D eigenvalue weighted by atomic mass is 10.1. The maximum atomic E-state index is 5.74. The van der Waals surface area contributed by atoms with Crippen LogP contribution in [0.25, 0.3) is 0 Å². The van der Waals surface area contributed by atoms with E-state index in [0.29, 0.717) is 4.05 Å². The maximum Gasteiger partial charge on any atom is 0.141 e. The molecule has 0 radical (unpaired) electrons. The van der Waals surface area contributed by atoms with Crippen molar-refractivity contribution in [2.45, 2.75) is 89.0 Å². The molecule has 0 bridgehead atoms. The Morgan fingerprint density at radius 2 is 1.38 bits per heavy atom. The van der Waals surface area contributed by atoms with Gasteiger partial charge in [0, 0.05) is 6.42 Å². The molecule has 0 saturated heterocycles. The summed E-state index contributed by atoms with van der Waals surface area (Å²) < 4.78 is 1.85. The zero-order chi connectivity index (χ0) is 16.0. The smallest absolute Gasteiger partial charge is 0.141 e. The van der Waals surface area contributed by atoms with Crippen molar-refractivity contribution in [3.05, 3.63) is 0 Å². The molecule has 0 rings (SSSR count). The molecule has 1 unspecified atom stereocenters. The first-order chi connectivity index (χ1) is 10.2. The van der Waals surface area contributed by atoms with Gasteiger partial charge in [0.15, 0.2) is 0 Å². The number of alkyl halides is 1. The minimum Gasteiger partial charge on any atom is -0.303 e. The van der Waals surface area contributed by atoms with Crippen molar-refractivity contribution < 1.29 is 4.48 Å². The van der Waals surface area contributed by atoms with Gasteiger partial charge in [-0.25, -0.2) is 0 Å². The summed E-state index contributed by atoms with van der Waals surface area (Å²) in [6, 6.07) is 0. The van der Waals surface area contributed by atoms with Gasteiger partial charge in [0.25, 0.3) is 0 Å². The first-order valence-electron chi connectivity index (χ1n) is 9.10. The van der Waals surface area contributed by atoms with Gasteiger partial charge in [0.1, 0.15) is 10.6 Å². The van der Waals surface area contributed by atoms with Crippen molar-refractivity contribution in [2.24, 2.45) is 0 Å². The fraction of sp³-hybridized carbons (Fsp3) is 0.895. The van der Waals surface area contributed by atoms with E-state index in [2.05, 4.69) is 49.3 Å². The summed E-state index contributed by atoms with van der Waals surface area (Å²) in [6.07, 6.45) is 19.1. The van der Waals surface area contributed by atoms with Crippen molar-refractivity contribution in [3.63, 3.8) is 0 Å². The number of terminal acetylenes is 1. The van der Waals surface area contributed by atoms with Crippen LogP contribution in [-0.4, -0.2) is 28.2 Å². The number of hydrogen-bond donors (Lipinski definition) is 0. The Balaban J connectivity index is 4.66. The molecule has 0 heterocycles. The number of nitrogens with zero attached hydrogens (tertiary/aromatic N) is 1. The fourth-order valence-corrected chi connectivity index (χ4v) is 4.43. The molecule has 0 fully saturated rings. The topological polar surface area (TPSA) is 0 Å². The number of hydrogen-bond acceptors (Lipinski definition) is 0. The van der Waals surface area contributed by atoms with E-state index < -0.39 is 0 Å². The molecule has 1 atom stereocenters. The molecule has 0 N–H and O–H groups in total. The molecule has 124 valence electrons. The lowest BCUT2D eigenvalue weighted by Crippen LogP contribution is -2.54. The first-order valence-corrected chi connectivity index (χ1v) is 10.3. The highest BCUT2D eigenvalue weighted by Crippen LogP contribution is 2.26. The first kappa shape index (κ1) is 21.2. The Hall–Kier alpha value is 0.250. The average molecular weight is 406 g/mol. The van der Waals surface area contributed by atoms with E-state index in [9.17, 15) is 0 Å². The lowest BCUT2D eigenvalue weighted by molar-refractivity contribution is -0.928. The fourth-order valence-electron chi connectivity index (χ4n) is 3.05. The number of halogens is 1. The number of rotatable bonds is 14. The standard InChI is InChI=1S/C19H37IN/c1-5-9-11-13-17-21(16-8-4,19(20)15-7-3)18-14-12-10-6-2/h4,19H,5-7,9-18H2,1-3H3/q+1. The number of quaternary nitrogens is 1. The van der Waals surface area contributed by atoms with E-state index in [1.165, 1.54) is 81.8 Å². The normalized spacial score (nSPS) is 13.1. The molecule has 0 spiro atoms. The molecule has 0 amide bonds. The zero-order valence-electron chi connectivity index (χ0n) is 14.7. The Morgan fingerprint density at radius 1 is 0.857 bits per heavy atom. The van der Waals surface area contributed by atoms with E-state index in [-0.39, 0.29) is 0 Å². The molecule has 2 heteroatoms. The van der Waals surface area contributed by atoms with Gasteiger partial charge in [0.05, 0.1) is 13.1 Å². The van der Waals surface area contributed by atoms with Gasteiger partial charge in [-0.1, -0.05) is 46.5 Å². The van der Waals surface area contributed by atoms with Gasteiger partial charge in [-0.2, -0.15) is 0 Å². The SMILES string of the molecule is C#CC[N+](CCCCCC)(CCCCCC)C(I)CCC. The molecule has 0 aromatic rings. The van der Waals surface area contributed by atoms with Crippen LogP contribution >= 0.6 is 22.6 Å². The van der Waals surface area contributed by atoms with Gasteiger partial charge < -0.3 is 4.48 Å². The highest BCUT2D eigenvalue weighted by Gasteiger charge is 2.32. The van der Waals surface area contributed by atoms with Crippen LogP contribution < -0.4 is 0 Å². The van der Waals surface area contributed by atoms with Crippen LogP contribution in [0.15, 0.2) is 0 Å². The van der Waals surface area contributed by atoms with E-state index in [1.54, 1.807) is 0 Å². The second-order valence-corrected chi connectivity index (χ2v) is 7.81. The summed E-state index contributed by atoms with van der Waals surface area (Å²) >= 11 is 2.68. The van der Waals surface area contributed by atoms with Gasteiger partial charge in [-0.3, -0.25) is 0 Å². The van der Waals surface area contributed by atoms with E-state index in [1.807, 2.05) is 0 Å². The third kappa shape index (κ3) is 9.08. The summed E-state index contributed by atoms with van der Waals surface area (Å²) in [5.74, 6) is 3.00. The third-order valence-corrected chi connectivity index (χ3v) is 6.25. The van der Waals surface area contributed by atoms with Crippen molar-refractivity contribution in [2.75, 3.05) is 19.6 Å². The van der Waals surface area contributed by atoms with Crippen LogP contribution in [0.3, 0.4) is 0 Å². The quantitative estimate of drug-likeness (QED) is 0.0810. The molecule has 0 aliphatic carbocycles. The number of unbranched alkanes of at least 4 members (excludes halogenated alkanes) is 6. The summed E-state index contributed by atoms with van der Waals surface area (Å²) in [5.41, 5.74) is 0. The van der Waals surface area contributed by atoms with Gasteiger partial charge in [-0.05, 0) is 60.6 Å². The van der Waals surface area contributed by atoms with Crippen LogP contribution in [0.1, 0.15) is 85.0 Å². The van der Waals surface area contributed by atoms with Gasteiger partial charge >= 0.3 is 0 Å². The van der Waals surface area contributed by atoms with Crippen molar-refractivity contribution >= 4 is 22.6 Å². The Bertz CT molecular complexity index is 257. The van der Waals surface area contributed by atoms with Crippen molar-refractivity contribution in [1.29, 1.82) is 0 Å². The van der Waals surface area contributed by atoms with Gasteiger partial charge in [-0.15, -0.1) is 6.42 Å². The molecule has 0 saturated carbocycles. The van der Waals surface area contributed by atoms with Crippen LogP contribution in [0.5, 0.6) is 0 Å². The van der Waals surface area contributed by atoms with E-state index >= 15 is 0 Å². The molecule has 0 aliphatic heterocycles.